The summed E-state index contributed by atoms with van der Waals surface area (Å²) < 4.78 is 0. The summed E-state index contributed by atoms with van der Waals surface area (Å²) in [7, 11) is 0. The van der Waals surface area contributed by atoms with Gasteiger partial charge in [0.1, 0.15) is 5.82 Å². The number of ketones is 1. The number of aromatic amines is 1. The first-order valence-electron chi connectivity index (χ1n) is 5.87. The fourth-order valence-electron chi connectivity index (χ4n) is 1.98. The summed E-state index contributed by atoms with van der Waals surface area (Å²) >= 11 is 5.58. The molecule has 4 heteroatoms. The Morgan fingerprint density at radius 3 is 3.00 bits per heavy atom. The molecular weight excluding hydrogens is 236 g/mol. The fraction of sp³-hybridized carbons (Fsp3) is 0.385. The Labute approximate surface area is 104 Å². The third-order valence-corrected chi connectivity index (χ3v) is 3.30. The quantitative estimate of drug-likeness (QED) is 0.667. The van der Waals surface area contributed by atoms with Crippen LogP contribution in [0.25, 0.3) is 11.0 Å². The smallest absolute Gasteiger partial charge is 0.164 e. The van der Waals surface area contributed by atoms with Crippen molar-refractivity contribution in [3.63, 3.8) is 0 Å². The molecule has 1 aliphatic rings. The van der Waals surface area contributed by atoms with Gasteiger partial charge in [-0.1, -0.05) is 0 Å². The van der Waals surface area contributed by atoms with Gasteiger partial charge in [-0.05, 0) is 31.0 Å². The number of hydrogen-bond acceptors (Lipinski definition) is 2. The van der Waals surface area contributed by atoms with Crippen LogP contribution >= 0.6 is 11.6 Å². The standard InChI is InChI=1S/C13H13ClN2O/c14-6-5-12(17)9-3-4-10-11(7-9)16-13(15-10)8-1-2-8/h3-4,7-8H,1-2,5-6H2,(H,15,16). The normalized spacial score (nSPS) is 15.4. The van der Waals surface area contributed by atoms with Crippen LogP contribution in [0.5, 0.6) is 0 Å². The van der Waals surface area contributed by atoms with Crippen LogP contribution < -0.4 is 0 Å². The first kappa shape index (κ1) is 10.8. The summed E-state index contributed by atoms with van der Waals surface area (Å²) in [6.07, 6.45) is 2.83. The Kier molecular flexibility index (Phi) is 2.63. The third kappa shape index (κ3) is 2.07. The third-order valence-electron chi connectivity index (χ3n) is 3.11. The number of halogens is 1. The van der Waals surface area contributed by atoms with E-state index in [0.29, 0.717) is 23.8 Å². The number of H-pyrrole nitrogens is 1. The zero-order chi connectivity index (χ0) is 11.8. The number of nitrogens with zero attached hydrogens (tertiary/aromatic N) is 1. The molecule has 17 heavy (non-hydrogen) atoms. The van der Waals surface area contributed by atoms with Crippen molar-refractivity contribution < 1.29 is 4.79 Å². The highest BCUT2D eigenvalue weighted by atomic mass is 35.5. The van der Waals surface area contributed by atoms with Crippen LogP contribution in [-0.2, 0) is 0 Å². The van der Waals surface area contributed by atoms with Gasteiger partial charge in [-0.15, -0.1) is 11.6 Å². The molecule has 1 saturated carbocycles. The van der Waals surface area contributed by atoms with Gasteiger partial charge >= 0.3 is 0 Å². The van der Waals surface area contributed by atoms with Crippen molar-refractivity contribution in [2.75, 3.05) is 5.88 Å². The van der Waals surface area contributed by atoms with Crippen LogP contribution in [0.15, 0.2) is 18.2 Å². The monoisotopic (exact) mass is 248 g/mol. The van der Waals surface area contributed by atoms with Crippen molar-refractivity contribution in [1.29, 1.82) is 0 Å². The Morgan fingerprint density at radius 1 is 1.47 bits per heavy atom. The van der Waals surface area contributed by atoms with Gasteiger partial charge in [0.15, 0.2) is 5.78 Å². The molecule has 3 nitrogen and oxygen atoms in total. The van der Waals surface area contributed by atoms with Gasteiger partial charge in [0.05, 0.1) is 11.0 Å². The number of fused-ring (bicyclic) bond motifs is 1. The van der Waals surface area contributed by atoms with Crippen LogP contribution in [0.1, 0.15) is 41.4 Å². The molecule has 2 aromatic rings. The maximum atomic E-state index is 11.7. The van der Waals surface area contributed by atoms with Gasteiger partial charge in [0.2, 0.25) is 0 Å². The highest BCUT2D eigenvalue weighted by Gasteiger charge is 2.26. The zero-order valence-corrected chi connectivity index (χ0v) is 10.1. The predicted molar refractivity (Wildman–Crippen MR) is 67.7 cm³/mol. The van der Waals surface area contributed by atoms with Crippen molar-refractivity contribution in [2.45, 2.75) is 25.2 Å². The Balaban J connectivity index is 1.97. The van der Waals surface area contributed by atoms with Crippen molar-refractivity contribution in [3.8, 4) is 0 Å². The molecule has 0 atom stereocenters. The van der Waals surface area contributed by atoms with Gasteiger partial charge in [0.25, 0.3) is 0 Å². The van der Waals surface area contributed by atoms with E-state index in [-0.39, 0.29) is 5.78 Å². The molecule has 88 valence electrons. The average Bonchev–Trinajstić information content (AvgIpc) is 3.08. The number of carbonyl (C=O) groups excluding carboxylic acids is 1. The van der Waals surface area contributed by atoms with Crippen LogP contribution in [-0.4, -0.2) is 21.6 Å². The molecule has 1 aliphatic carbocycles. The number of alkyl halides is 1. The Hall–Kier alpha value is -1.35. The molecular formula is C13H13ClN2O. The van der Waals surface area contributed by atoms with E-state index in [1.165, 1.54) is 12.8 Å². The maximum absolute atomic E-state index is 11.7. The molecule has 1 heterocycles. The molecule has 0 unspecified atom stereocenters. The van der Waals surface area contributed by atoms with E-state index in [2.05, 4.69) is 9.97 Å². The van der Waals surface area contributed by atoms with E-state index in [0.717, 1.165) is 16.9 Å². The number of aromatic nitrogens is 2. The van der Waals surface area contributed by atoms with Crippen LogP contribution in [0.2, 0.25) is 0 Å². The zero-order valence-electron chi connectivity index (χ0n) is 9.37. The minimum Gasteiger partial charge on any atom is -0.342 e. The Morgan fingerprint density at radius 2 is 2.29 bits per heavy atom. The van der Waals surface area contributed by atoms with Crippen molar-refractivity contribution in [3.05, 3.63) is 29.6 Å². The van der Waals surface area contributed by atoms with E-state index >= 15 is 0 Å². The highest BCUT2D eigenvalue weighted by Crippen LogP contribution is 2.39. The predicted octanol–water partition coefficient (Wildman–Crippen LogP) is 3.25. The van der Waals surface area contributed by atoms with Crippen LogP contribution in [0, 0.1) is 0 Å². The summed E-state index contributed by atoms with van der Waals surface area (Å²) in [6.45, 7) is 0. The van der Waals surface area contributed by atoms with Crippen molar-refractivity contribution in [1.82, 2.24) is 9.97 Å². The van der Waals surface area contributed by atoms with E-state index in [1.54, 1.807) is 0 Å². The molecule has 0 saturated heterocycles. The SMILES string of the molecule is O=C(CCCl)c1ccc2nc(C3CC3)[nH]c2c1. The molecule has 3 rings (SSSR count). The number of hydrogen-bond donors (Lipinski definition) is 1. The van der Waals surface area contributed by atoms with Gasteiger partial charge < -0.3 is 4.98 Å². The van der Waals surface area contributed by atoms with Crippen LogP contribution in [0.4, 0.5) is 0 Å². The molecule has 1 N–H and O–H groups in total. The van der Waals surface area contributed by atoms with E-state index in [9.17, 15) is 4.79 Å². The summed E-state index contributed by atoms with van der Waals surface area (Å²) in [5.41, 5.74) is 2.60. The highest BCUT2D eigenvalue weighted by molar-refractivity contribution is 6.19. The van der Waals surface area contributed by atoms with Crippen molar-refractivity contribution >= 4 is 28.4 Å². The summed E-state index contributed by atoms with van der Waals surface area (Å²) in [5, 5.41) is 0. The molecule has 0 amide bonds. The minimum atomic E-state index is 0.0875. The van der Waals surface area contributed by atoms with Gasteiger partial charge in [-0.25, -0.2) is 4.98 Å². The average molecular weight is 249 g/mol. The molecule has 0 bridgehead atoms. The first-order valence-corrected chi connectivity index (χ1v) is 6.40. The molecule has 0 spiro atoms. The number of rotatable bonds is 4. The summed E-state index contributed by atoms with van der Waals surface area (Å²) in [4.78, 5) is 19.5. The second-order valence-electron chi connectivity index (χ2n) is 4.49. The number of carbonyl (C=O) groups is 1. The second kappa shape index (κ2) is 4.15. The molecule has 1 aromatic heterocycles. The van der Waals surface area contributed by atoms with Crippen LogP contribution in [0.3, 0.4) is 0 Å². The molecule has 1 aromatic carbocycles. The topological polar surface area (TPSA) is 45.8 Å². The largest absolute Gasteiger partial charge is 0.342 e. The lowest BCUT2D eigenvalue weighted by Gasteiger charge is -1.97. The Bertz CT molecular complexity index is 572. The number of nitrogens with one attached hydrogen (secondary N) is 1. The molecule has 0 aliphatic heterocycles. The number of benzene rings is 1. The maximum Gasteiger partial charge on any atom is 0.164 e. The van der Waals surface area contributed by atoms with Gasteiger partial charge in [-0.2, -0.15) is 0 Å². The fourth-order valence-corrected chi connectivity index (χ4v) is 2.15. The lowest BCUT2D eigenvalue weighted by atomic mass is 10.1. The van der Waals surface area contributed by atoms with E-state index in [1.807, 2.05) is 18.2 Å². The minimum absolute atomic E-state index is 0.0875. The lowest BCUT2D eigenvalue weighted by Crippen LogP contribution is -1.99. The first-order chi connectivity index (χ1) is 8.28. The summed E-state index contributed by atoms with van der Waals surface area (Å²) in [6, 6.07) is 5.61. The van der Waals surface area contributed by atoms with E-state index in [4.69, 9.17) is 11.6 Å². The van der Waals surface area contributed by atoms with Gasteiger partial charge in [-0.3, -0.25) is 4.79 Å². The van der Waals surface area contributed by atoms with Crippen molar-refractivity contribution in [2.24, 2.45) is 0 Å². The molecule has 0 radical (unpaired) electrons. The molecule has 1 fully saturated rings. The van der Waals surface area contributed by atoms with Gasteiger partial charge in [0, 0.05) is 23.8 Å². The number of imidazole rings is 1. The second-order valence-corrected chi connectivity index (χ2v) is 4.87. The lowest BCUT2D eigenvalue weighted by molar-refractivity contribution is 0.0989. The summed E-state index contributed by atoms with van der Waals surface area (Å²) in [5.74, 6) is 2.11. The van der Waals surface area contributed by atoms with E-state index < -0.39 is 0 Å². The number of Topliss-reactive ketones (excluding diaryl/α,β-unsaturated/α-hetero) is 1.